The van der Waals surface area contributed by atoms with Gasteiger partial charge in [0, 0.05) is 24.7 Å². The lowest BCUT2D eigenvalue weighted by Gasteiger charge is -2.22. The molecule has 1 heterocycles. The number of ketones is 1. The van der Waals surface area contributed by atoms with Gasteiger partial charge >= 0.3 is 0 Å². The predicted octanol–water partition coefficient (Wildman–Crippen LogP) is 4.68. The van der Waals surface area contributed by atoms with Crippen molar-refractivity contribution < 1.29 is 4.79 Å². The molecular formula is C18H20ClNO. The van der Waals surface area contributed by atoms with Gasteiger partial charge in [0.1, 0.15) is 5.78 Å². The first kappa shape index (κ1) is 15.7. The molecule has 0 amide bonds. The molecule has 0 aliphatic carbocycles. The summed E-state index contributed by atoms with van der Waals surface area (Å²) in [6.07, 6.45) is 4.58. The van der Waals surface area contributed by atoms with Gasteiger partial charge in [-0.3, -0.25) is 9.78 Å². The van der Waals surface area contributed by atoms with E-state index in [9.17, 15) is 4.79 Å². The normalized spacial score (nSPS) is 13.7. The summed E-state index contributed by atoms with van der Waals surface area (Å²) >= 11 is 6.12. The molecule has 1 aromatic carbocycles. The Morgan fingerprint density at radius 1 is 1.24 bits per heavy atom. The summed E-state index contributed by atoms with van der Waals surface area (Å²) < 4.78 is 0. The Balaban J connectivity index is 2.25. The Morgan fingerprint density at radius 2 is 1.95 bits per heavy atom. The lowest BCUT2D eigenvalue weighted by molar-refractivity contribution is -0.120. The zero-order valence-electron chi connectivity index (χ0n) is 12.4. The largest absolute Gasteiger partial charge is 0.299 e. The van der Waals surface area contributed by atoms with E-state index >= 15 is 0 Å². The molecule has 2 nitrogen and oxygen atoms in total. The van der Waals surface area contributed by atoms with E-state index in [1.165, 1.54) is 0 Å². The van der Waals surface area contributed by atoms with Crippen molar-refractivity contribution >= 4 is 17.4 Å². The molecule has 1 aromatic heterocycles. The van der Waals surface area contributed by atoms with E-state index in [0.717, 1.165) is 17.5 Å². The number of rotatable bonds is 6. The van der Waals surface area contributed by atoms with Crippen LogP contribution in [0.3, 0.4) is 0 Å². The molecule has 2 aromatic rings. The second-order valence-electron chi connectivity index (χ2n) is 5.38. The number of benzene rings is 1. The second kappa shape index (κ2) is 7.37. The number of hydrogen-bond acceptors (Lipinski definition) is 2. The van der Waals surface area contributed by atoms with E-state index in [1.807, 2.05) is 36.4 Å². The lowest BCUT2D eigenvalue weighted by atomic mass is 9.81. The Bertz CT molecular complexity index is 597. The summed E-state index contributed by atoms with van der Waals surface area (Å²) in [5.74, 6) is 0.435. The summed E-state index contributed by atoms with van der Waals surface area (Å²) in [7, 11) is 0. The highest BCUT2D eigenvalue weighted by molar-refractivity contribution is 6.31. The number of halogens is 1. The standard InChI is InChI=1S/C18H20ClNO/c1-3-13(2)18(14-7-5-4-6-8-14)17(21)11-15-9-10-20-12-16(15)19/h4-10,12-13,18H,3,11H2,1-2H3. The van der Waals surface area contributed by atoms with E-state index in [-0.39, 0.29) is 11.7 Å². The van der Waals surface area contributed by atoms with Crippen LogP contribution in [-0.2, 0) is 11.2 Å². The quantitative estimate of drug-likeness (QED) is 0.775. The molecule has 2 unspecified atom stereocenters. The number of nitrogens with zero attached hydrogens (tertiary/aromatic N) is 1. The van der Waals surface area contributed by atoms with Gasteiger partial charge in [-0.15, -0.1) is 0 Å². The van der Waals surface area contributed by atoms with E-state index in [2.05, 4.69) is 18.8 Å². The van der Waals surface area contributed by atoms with Gasteiger partial charge in [0.15, 0.2) is 0 Å². The van der Waals surface area contributed by atoms with Crippen molar-refractivity contribution in [2.24, 2.45) is 5.92 Å². The molecule has 3 heteroatoms. The van der Waals surface area contributed by atoms with Crippen LogP contribution in [0, 0.1) is 5.92 Å². The second-order valence-corrected chi connectivity index (χ2v) is 5.79. The van der Waals surface area contributed by atoms with Crippen molar-refractivity contribution in [1.82, 2.24) is 4.98 Å². The highest BCUT2D eigenvalue weighted by atomic mass is 35.5. The van der Waals surface area contributed by atoms with Crippen molar-refractivity contribution in [2.45, 2.75) is 32.6 Å². The summed E-state index contributed by atoms with van der Waals surface area (Å²) in [6, 6.07) is 11.8. The third-order valence-corrected chi connectivity index (χ3v) is 4.28. The minimum Gasteiger partial charge on any atom is -0.299 e. The molecule has 0 spiro atoms. The molecular weight excluding hydrogens is 282 g/mol. The summed E-state index contributed by atoms with van der Waals surface area (Å²) in [4.78, 5) is 16.7. The van der Waals surface area contributed by atoms with Crippen LogP contribution in [0.5, 0.6) is 0 Å². The van der Waals surface area contributed by atoms with Gasteiger partial charge in [0.2, 0.25) is 0 Å². The van der Waals surface area contributed by atoms with Gasteiger partial charge in [-0.25, -0.2) is 0 Å². The van der Waals surface area contributed by atoms with E-state index < -0.39 is 0 Å². The molecule has 110 valence electrons. The molecule has 0 radical (unpaired) electrons. The van der Waals surface area contributed by atoms with Crippen LogP contribution in [-0.4, -0.2) is 10.8 Å². The zero-order chi connectivity index (χ0) is 15.2. The number of hydrogen-bond donors (Lipinski definition) is 0. The van der Waals surface area contributed by atoms with Crippen LogP contribution in [0.4, 0.5) is 0 Å². The number of pyridine rings is 1. The van der Waals surface area contributed by atoms with Gasteiger partial charge in [0.25, 0.3) is 0 Å². The maximum atomic E-state index is 12.8. The number of Topliss-reactive ketones (excluding diaryl/α,β-unsaturated/α-hetero) is 1. The smallest absolute Gasteiger partial charge is 0.145 e. The molecule has 0 fully saturated rings. The van der Waals surface area contributed by atoms with Crippen molar-refractivity contribution in [3.8, 4) is 0 Å². The Morgan fingerprint density at radius 3 is 2.57 bits per heavy atom. The van der Waals surface area contributed by atoms with Crippen molar-refractivity contribution in [3.05, 3.63) is 64.9 Å². The first-order chi connectivity index (χ1) is 10.1. The molecule has 0 aliphatic rings. The maximum Gasteiger partial charge on any atom is 0.145 e. The van der Waals surface area contributed by atoms with Crippen LogP contribution in [0.15, 0.2) is 48.8 Å². The predicted molar refractivity (Wildman–Crippen MR) is 86.6 cm³/mol. The average Bonchev–Trinajstić information content (AvgIpc) is 2.50. The number of carbonyl (C=O) groups is 1. The summed E-state index contributed by atoms with van der Waals surface area (Å²) in [5.41, 5.74) is 1.93. The summed E-state index contributed by atoms with van der Waals surface area (Å²) in [5, 5.41) is 0.557. The molecule has 0 aliphatic heterocycles. The molecule has 0 N–H and O–H groups in total. The highest BCUT2D eigenvalue weighted by Gasteiger charge is 2.26. The SMILES string of the molecule is CCC(C)C(C(=O)Cc1ccncc1Cl)c1ccccc1. The Hall–Kier alpha value is -1.67. The number of carbonyl (C=O) groups excluding carboxylic acids is 1. The van der Waals surface area contributed by atoms with Crippen molar-refractivity contribution in [3.63, 3.8) is 0 Å². The van der Waals surface area contributed by atoms with Gasteiger partial charge in [-0.1, -0.05) is 62.2 Å². The van der Waals surface area contributed by atoms with E-state index in [1.54, 1.807) is 12.4 Å². The van der Waals surface area contributed by atoms with Gasteiger partial charge in [0.05, 0.1) is 5.02 Å². The minimum atomic E-state index is -0.0829. The fourth-order valence-electron chi connectivity index (χ4n) is 2.57. The first-order valence-corrected chi connectivity index (χ1v) is 7.67. The van der Waals surface area contributed by atoms with Crippen LogP contribution >= 0.6 is 11.6 Å². The minimum absolute atomic E-state index is 0.0829. The molecule has 0 saturated carbocycles. The van der Waals surface area contributed by atoms with Crippen molar-refractivity contribution in [2.75, 3.05) is 0 Å². The maximum absolute atomic E-state index is 12.8. The van der Waals surface area contributed by atoms with Crippen LogP contribution in [0.25, 0.3) is 0 Å². The molecule has 21 heavy (non-hydrogen) atoms. The van der Waals surface area contributed by atoms with Gasteiger partial charge in [-0.2, -0.15) is 0 Å². The van der Waals surface area contributed by atoms with Gasteiger partial charge in [-0.05, 0) is 23.1 Å². The average molecular weight is 302 g/mol. The molecule has 2 rings (SSSR count). The third kappa shape index (κ3) is 3.92. The van der Waals surface area contributed by atoms with Crippen LogP contribution in [0.2, 0.25) is 5.02 Å². The molecule has 2 atom stereocenters. The fourth-order valence-corrected chi connectivity index (χ4v) is 2.76. The van der Waals surface area contributed by atoms with Crippen LogP contribution in [0.1, 0.15) is 37.3 Å². The number of aromatic nitrogens is 1. The van der Waals surface area contributed by atoms with Crippen LogP contribution < -0.4 is 0 Å². The van der Waals surface area contributed by atoms with Crippen molar-refractivity contribution in [1.29, 1.82) is 0 Å². The Kier molecular flexibility index (Phi) is 5.51. The highest BCUT2D eigenvalue weighted by Crippen LogP contribution is 2.29. The van der Waals surface area contributed by atoms with E-state index in [0.29, 0.717) is 17.4 Å². The van der Waals surface area contributed by atoms with Gasteiger partial charge < -0.3 is 0 Å². The summed E-state index contributed by atoms with van der Waals surface area (Å²) in [6.45, 7) is 4.25. The zero-order valence-corrected chi connectivity index (χ0v) is 13.2. The lowest BCUT2D eigenvalue weighted by Crippen LogP contribution is -2.21. The Labute approximate surface area is 131 Å². The topological polar surface area (TPSA) is 30.0 Å². The van der Waals surface area contributed by atoms with E-state index in [4.69, 9.17) is 11.6 Å². The molecule has 0 bridgehead atoms. The molecule has 0 saturated heterocycles. The fraction of sp³-hybridized carbons (Fsp3) is 0.333. The monoisotopic (exact) mass is 301 g/mol. The first-order valence-electron chi connectivity index (χ1n) is 7.29. The third-order valence-electron chi connectivity index (χ3n) is 3.94.